The van der Waals surface area contributed by atoms with Gasteiger partial charge < -0.3 is 15.3 Å². The first-order valence-electron chi connectivity index (χ1n) is 8.18. The number of halogens is 1. The van der Waals surface area contributed by atoms with Gasteiger partial charge in [-0.25, -0.2) is 4.39 Å². The molecule has 4 nitrogen and oxygen atoms in total. The molecular formula is C19H21FN2O2. The van der Waals surface area contributed by atoms with E-state index in [0.29, 0.717) is 25.7 Å². The molecule has 0 unspecified atom stereocenters. The zero-order chi connectivity index (χ0) is 16.9. The molecule has 0 radical (unpaired) electrons. The molecule has 0 saturated carbocycles. The van der Waals surface area contributed by atoms with Gasteiger partial charge in [-0.05, 0) is 42.7 Å². The minimum atomic E-state index is -0.466. The van der Waals surface area contributed by atoms with E-state index < -0.39 is 5.82 Å². The summed E-state index contributed by atoms with van der Waals surface area (Å²) in [4.78, 5) is 14.1. The van der Waals surface area contributed by atoms with Crippen LogP contribution in [0.4, 0.5) is 4.39 Å². The Labute approximate surface area is 140 Å². The zero-order valence-electron chi connectivity index (χ0n) is 13.4. The number of amides is 1. The summed E-state index contributed by atoms with van der Waals surface area (Å²) in [5.74, 6) is -0.439. The number of phenolic OH excluding ortho intramolecular Hbond substituents is 1. The maximum absolute atomic E-state index is 13.7. The summed E-state index contributed by atoms with van der Waals surface area (Å²) in [5.41, 5.74) is 1.17. The smallest absolute Gasteiger partial charge is 0.256 e. The van der Waals surface area contributed by atoms with Crippen molar-refractivity contribution in [2.75, 3.05) is 13.1 Å². The summed E-state index contributed by atoms with van der Waals surface area (Å²) in [6.07, 6.45) is 1.66. The first-order chi connectivity index (χ1) is 11.6. The predicted octanol–water partition coefficient (Wildman–Crippen LogP) is 2.93. The van der Waals surface area contributed by atoms with E-state index in [0.717, 1.165) is 18.4 Å². The van der Waals surface area contributed by atoms with E-state index in [1.165, 1.54) is 12.1 Å². The Morgan fingerprint density at radius 3 is 2.62 bits per heavy atom. The van der Waals surface area contributed by atoms with Crippen LogP contribution in [0, 0.1) is 5.82 Å². The molecule has 1 amide bonds. The second kappa shape index (κ2) is 7.45. The summed E-state index contributed by atoms with van der Waals surface area (Å²) < 4.78 is 13.7. The number of carbonyl (C=O) groups is 1. The molecule has 0 atom stereocenters. The van der Waals surface area contributed by atoms with Gasteiger partial charge in [0.25, 0.3) is 5.91 Å². The number of rotatable bonds is 4. The molecule has 126 valence electrons. The lowest BCUT2D eigenvalue weighted by molar-refractivity contribution is 0.0700. The molecule has 0 aliphatic carbocycles. The first-order valence-corrected chi connectivity index (χ1v) is 8.18. The molecular weight excluding hydrogens is 307 g/mol. The molecule has 0 bridgehead atoms. The van der Waals surface area contributed by atoms with Crippen molar-refractivity contribution < 1.29 is 14.3 Å². The van der Waals surface area contributed by atoms with Crippen LogP contribution in [0.25, 0.3) is 0 Å². The standard InChI is InChI=1S/C19H21FN2O2/c20-18-7-2-1-6-17(18)19(24)22-10-8-15(9-11-22)21-13-14-4-3-5-16(23)12-14/h1-7,12,15,21,23H,8-11,13H2. The second-order valence-corrected chi connectivity index (χ2v) is 6.10. The molecule has 24 heavy (non-hydrogen) atoms. The van der Waals surface area contributed by atoms with Gasteiger partial charge in [0.1, 0.15) is 11.6 Å². The maximum Gasteiger partial charge on any atom is 0.256 e. The number of hydrogen-bond donors (Lipinski definition) is 2. The van der Waals surface area contributed by atoms with Crippen LogP contribution < -0.4 is 5.32 Å². The van der Waals surface area contributed by atoms with Crippen LogP contribution in [0.5, 0.6) is 5.75 Å². The summed E-state index contributed by atoms with van der Waals surface area (Å²) >= 11 is 0. The van der Waals surface area contributed by atoms with E-state index in [1.807, 2.05) is 12.1 Å². The Bertz CT molecular complexity index is 712. The monoisotopic (exact) mass is 328 g/mol. The third kappa shape index (κ3) is 3.92. The third-order valence-electron chi connectivity index (χ3n) is 4.39. The number of piperidine rings is 1. The lowest BCUT2D eigenvalue weighted by atomic mass is 10.0. The number of benzene rings is 2. The molecule has 1 saturated heterocycles. The van der Waals surface area contributed by atoms with Gasteiger partial charge >= 0.3 is 0 Å². The molecule has 5 heteroatoms. The van der Waals surface area contributed by atoms with Gasteiger partial charge in [-0.3, -0.25) is 4.79 Å². The van der Waals surface area contributed by atoms with Crippen molar-refractivity contribution in [3.05, 3.63) is 65.5 Å². The predicted molar refractivity (Wildman–Crippen MR) is 90.3 cm³/mol. The van der Waals surface area contributed by atoms with Gasteiger partial charge in [0.15, 0.2) is 0 Å². The van der Waals surface area contributed by atoms with Crippen LogP contribution in [-0.2, 0) is 6.54 Å². The summed E-state index contributed by atoms with van der Waals surface area (Å²) in [5, 5.41) is 12.9. The highest BCUT2D eigenvalue weighted by molar-refractivity contribution is 5.94. The van der Waals surface area contributed by atoms with Crippen molar-refractivity contribution in [2.45, 2.75) is 25.4 Å². The molecule has 2 aromatic rings. The highest BCUT2D eigenvalue weighted by atomic mass is 19.1. The summed E-state index contributed by atoms with van der Waals surface area (Å²) in [6, 6.07) is 13.6. The third-order valence-corrected chi connectivity index (χ3v) is 4.39. The molecule has 2 N–H and O–H groups in total. The van der Waals surface area contributed by atoms with Crippen molar-refractivity contribution in [1.82, 2.24) is 10.2 Å². The highest BCUT2D eigenvalue weighted by Crippen LogP contribution is 2.17. The van der Waals surface area contributed by atoms with Gasteiger partial charge in [0.05, 0.1) is 5.56 Å². The average Bonchev–Trinajstić information content (AvgIpc) is 2.60. The van der Waals surface area contributed by atoms with Crippen molar-refractivity contribution in [2.24, 2.45) is 0 Å². The van der Waals surface area contributed by atoms with E-state index in [4.69, 9.17) is 0 Å². The van der Waals surface area contributed by atoms with E-state index in [2.05, 4.69) is 5.32 Å². The minimum Gasteiger partial charge on any atom is -0.508 e. The van der Waals surface area contributed by atoms with Crippen LogP contribution in [0.15, 0.2) is 48.5 Å². The van der Waals surface area contributed by atoms with E-state index in [9.17, 15) is 14.3 Å². The fourth-order valence-corrected chi connectivity index (χ4v) is 3.02. The Hall–Kier alpha value is -2.40. The molecule has 3 rings (SSSR count). The molecule has 1 aliphatic heterocycles. The number of likely N-dealkylation sites (tertiary alicyclic amines) is 1. The van der Waals surface area contributed by atoms with Crippen LogP contribution in [0.2, 0.25) is 0 Å². The van der Waals surface area contributed by atoms with Crippen LogP contribution >= 0.6 is 0 Å². The van der Waals surface area contributed by atoms with Gasteiger partial charge in [-0.2, -0.15) is 0 Å². The number of nitrogens with zero attached hydrogens (tertiary/aromatic N) is 1. The van der Waals surface area contributed by atoms with Gasteiger partial charge in [-0.15, -0.1) is 0 Å². The number of phenols is 1. The fraction of sp³-hybridized carbons (Fsp3) is 0.316. The van der Waals surface area contributed by atoms with Crippen molar-refractivity contribution in [3.63, 3.8) is 0 Å². The summed E-state index contributed by atoms with van der Waals surface area (Å²) in [6.45, 7) is 1.91. The molecule has 1 fully saturated rings. The van der Waals surface area contributed by atoms with Crippen molar-refractivity contribution in [1.29, 1.82) is 0 Å². The second-order valence-electron chi connectivity index (χ2n) is 6.10. The van der Waals surface area contributed by atoms with Gasteiger partial charge in [-0.1, -0.05) is 24.3 Å². The topological polar surface area (TPSA) is 52.6 Å². The van der Waals surface area contributed by atoms with E-state index in [1.54, 1.807) is 29.2 Å². The van der Waals surface area contributed by atoms with Crippen LogP contribution in [0.1, 0.15) is 28.8 Å². The quantitative estimate of drug-likeness (QED) is 0.907. The first kappa shape index (κ1) is 16.5. The lowest BCUT2D eigenvalue weighted by Gasteiger charge is -2.32. The fourth-order valence-electron chi connectivity index (χ4n) is 3.02. The normalized spacial score (nSPS) is 15.5. The Balaban J connectivity index is 1.51. The molecule has 0 spiro atoms. The number of hydrogen-bond acceptors (Lipinski definition) is 3. The SMILES string of the molecule is O=C(c1ccccc1F)N1CCC(NCc2cccc(O)c2)CC1. The number of carbonyl (C=O) groups excluding carboxylic acids is 1. The van der Waals surface area contributed by atoms with Gasteiger partial charge in [0.2, 0.25) is 0 Å². The molecule has 0 aromatic heterocycles. The van der Waals surface area contributed by atoms with E-state index >= 15 is 0 Å². The number of nitrogens with one attached hydrogen (secondary N) is 1. The van der Waals surface area contributed by atoms with E-state index in [-0.39, 0.29) is 17.2 Å². The Morgan fingerprint density at radius 1 is 1.17 bits per heavy atom. The Kier molecular flexibility index (Phi) is 5.11. The average molecular weight is 328 g/mol. The Morgan fingerprint density at radius 2 is 1.92 bits per heavy atom. The van der Waals surface area contributed by atoms with Crippen molar-refractivity contribution >= 4 is 5.91 Å². The number of aromatic hydroxyl groups is 1. The largest absolute Gasteiger partial charge is 0.508 e. The lowest BCUT2D eigenvalue weighted by Crippen LogP contribution is -2.44. The van der Waals surface area contributed by atoms with Crippen molar-refractivity contribution in [3.8, 4) is 5.75 Å². The van der Waals surface area contributed by atoms with Crippen LogP contribution in [0.3, 0.4) is 0 Å². The summed E-state index contributed by atoms with van der Waals surface area (Å²) in [7, 11) is 0. The van der Waals surface area contributed by atoms with Crippen LogP contribution in [-0.4, -0.2) is 35.0 Å². The molecule has 1 heterocycles. The molecule has 1 aliphatic rings. The molecule has 2 aromatic carbocycles. The minimum absolute atomic E-state index is 0.142. The van der Waals surface area contributed by atoms with Gasteiger partial charge in [0, 0.05) is 25.7 Å². The maximum atomic E-state index is 13.7. The zero-order valence-corrected chi connectivity index (χ0v) is 13.4. The highest BCUT2D eigenvalue weighted by Gasteiger charge is 2.24.